The maximum Gasteiger partial charge on any atom is 0.259 e. The van der Waals surface area contributed by atoms with Crippen LogP contribution < -0.4 is 4.90 Å². The van der Waals surface area contributed by atoms with Crippen molar-refractivity contribution in [3.8, 4) is 0 Å². The first-order valence-electron chi connectivity index (χ1n) is 11.8. The van der Waals surface area contributed by atoms with Crippen molar-refractivity contribution in [3.63, 3.8) is 0 Å². The van der Waals surface area contributed by atoms with Gasteiger partial charge in [-0.15, -0.1) is 0 Å². The quantitative estimate of drug-likeness (QED) is 0.423. The first kappa shape index (κ1) is 21.9. The number of anilines is 1. The second kappa shape index (κ2) is 7.96. The van der Waals surface area contributed by atoms with E-state index in [0.29, 0.717) is 34.5 Å². The Hall–Kier alpha value is -2.63. The lowest BCUT2D eigenvalue weighted by Crippen LogP contribution is -2.45. The second-order valence-corrected chi connectivity index (χ2v) is 10.6. The van der Waals surface area contributed by atoms with Gasteiger partial charge in [-0.1, -0.05) is 60.5 Å². The Bertz CT molecular complexity index is 1220. The van der Waals surface area contributed by atoms with Gasteiger partial charge in [0.15, 0.2) is 0 Å². The fourth-order valence-corrected chi connectivity index (χ4v) is 6.71. The van der Waals surface area contributed by atoms with Gasteiger partial charge in [0.25, 0.3) is 5.91 Å². The molecular weight excluding hydrogens is 471 g/mol. The van der Waals surface area contributed by atoms with Gasteiger partial charge in [0.2, 0.25) is 11.8 Å². The highest BCUT2D eigenvalue weighted by atomic mass is 35.5. The van der Waals surface area contributed by atoms with E-state index in [9.17, 15) is 14.4 Å². The number of para-hydroxylation sites is 1. The molecule has 5 nitrogen and oxygen atoms in total. The van der Waals surface area contributed by atoms with E-state index in [1.165, 1.54) is 15.9 Å². The molecule has 1 heterocycles. The average molecular weight is 495 g/mol. The fraction of sp³-hybridized carbons (Fsp3) is 0.370. The number of carbonyl (C=O) groups excluding carboxylic acids is 3. The van der Waals surface area contributed by atoms with Crippen LogP contribution in [0.15, 0.2) is 54.6 Å². The lowest BCUT2D eigenvalue weighted by Gasteiger charge is -2.37. The Morgan fingerprint density at radius 1 is 0.971 bits per heavy atom. The standard InChI is InChI=1S/C27H24Cl2N2O3/c1-2-14-5-3-4-6-22(14)30(25(32)15-7-10-20(28)21(29)11-15)13-31-26(33)23-16-8-9-17(19-12-18(16)19)24(23)27(31)34/h3-11,16-19,23-24H,2,12-13H2,1H3. The molecule has 6 atom stereocenters. The van der Waals surface area contributed by atoms with Crippen LogP contribution in [0.25, 0.3) is 0 Å². The molecular formula is C27H24Cl2N2O3. The monoisotopic (exact) mass is 494 g/mol. The predicted molar refractivity (Wildman–Crippen MR) is 131 cm³/mol. The number of hydrogen-bond donors (Lipinski definition) is 0. The van der Waals surface area contributed by atoms with Crippen LogP contribution in [0.2, 0.25) is 10.0 Å². The van der Waals surface area contributed by atoms with Crippen LogP contribution in [0.3, 0.4) is 0 Å². The molecule has 2 aromatic rings. The van der Waals surface area contributed by atoms with Gasteiger partial charge in [0, 0.05) is 11.3 Å². The van der Waals surface area contributed by atoms with Gasteiger partial charge in [0.05, 0.1) is 21.9 Å². The average Bonchev–Trinajstić information content (AvgIpc) is 3.64. The van der Waals surface area contributed by atoms with Crippen molar-refractivity contribution in [2.45, 2.75) is 19.8 Å². The van der Waals surface area contributed by atoms with Crippen LogP contribution in [-0.2, 0) is 16.0 Å². The molecule has 3 fully saturated rings. The fourth-order valence-electron chi connectivity index (χ4n) is 6.41. The van der Waals surface area contributed by atoms with Crippen molar-refractivity contribution in [3.05, 3.63) is 75.8 Å². The Morgan fingerprint density at radius 2 is 1.62 bits per heavy atom. The number of hydrogen-bond acceptors (Lipinski definition) is 3. The minimum absolute atomic E-state index is 0.116. The first-order chi connectivity index (χ1) is 16.4. The lowest BCUT2D eigenvalue weighted by molar-refractivity contribution is -0.140. The van der Waals surface area contributed by atoms with E-state index >= 15 is 0 Å². The molecule has 0 N–H and O–H groups in total. The minimum atomic E-state index is -0.334. The smallest absolute Gasteiger partial charge is 0.259 e. The van der Waals surface area contributed by atoms with E-state index in [4.69, 9.17) is 23.2 Å². The maximum atomic E-state index is 13.8. The SMILES string of the molecule is CCc1ccccc1N(CN1C(=O)C2C3C=CC(C4CC34)C2C1=O)C(=O)c1ccc(Cl)c(Cl)c1. The number of likely N-dealkylation sites (tertiary alicyclic amines) is 1. The third-order valence-electron chi connectivity index (χ3n) is 8.11. The zero-order valence-corrected chi connectivity index (χ0v) is 20.2. The molecule has 7 heteroatoms. The molecule has 6 unspecified atom stereocenters. The summed E-state index contributed by atoms with van der Waals surface area (Å²) in [5.41, 5.74) is 1.98. The Labute approximate surface area is 208 Å². The first-order valence-corrected chi connectivity index (χ1v) is 12.5. The second-order valence-electron chi connectivity index (χ2n) is 9.74. The number of imide groups is 1. The third-order valence-corrected chi connectivity index (χ3v) is 8.85. The Balaban J connectivity index is 1.37. The summed E-state index contributed by atoms with van der Waals surface area (Å²) >= 11 is 12.3. The summed E-state index contributed by atoms with van der Waals surface area (Å²) in [5.74, 6) is 0.113. The van der Waals surface area contributed by atoms with Gasteiger partial charge in [-0.25, -0.2) is 0 Å². The Kier molecular flexibility index (Phi) is 5.12. The molecule has 174 valence electrons. The molecule has 1 aliphatic heterocycles. The number of carbonyl (C=O) groups is 3. The lowest BCUT2D eigenvalue weighted by atomic mass is 9.63. The van der Waals surface area contributed by atoms with E-state index in [-0.39, 0.29) is 53.1 Å². The number of nitrogens with zero attached hydrogens (tertiary/aromatic N) is 2. The summed E-state index contributed by atoms with van der Waals surface area (Å²) in [6.07, 6.45) is 6.12. The number of aryl methyl sites for hydroxylation is 1. The zero-order chi connectivity index (χ0) is 23.7. The maximum absolute atomic E-state index is 13.8. The highest BCUT2D eigenvalue weighted by Crippen LogP contribution is 2.65. The summed E-state index contributed by atoms with van der Waals surface area (Å²) in [5, 5.41) is 0.631. The number of benzene rings is 2. The van der Waals surface area contributed by atoms with Crippen LogP contribution in [0.4, 0.5) is 5.69 Å². The number of allylic oxidation sites excluding steroid dienone is 2. The summed E-state index contributed by atoms with van der Waals surface area (Å²) in [6.45, 7) is 1.90. The van der Waals surface area contributed by atoms with Gasteiger partial charge in [-0.3, -0.25) is 24.2 Å². The number of amides is 3. The van der Waals surface area contributed by atoms with Gasteiger partial charge in [-0.05, 0) is 66.3 Å². The van der Waals surface area contributed by atoms with Gasteiger partial charge < -0.3 is 0 Å². The van der Waals surface area contributed by atoms with Crippen LogP contribution in [0.1, 0.15) is 29.3 Å². The molecule has 2 saturated carbocycles. The molecule has 0 radical (unpaired) electrons. The topological polar surface area (TPSA) is 57.7 Å². The largest absolute Gasteiger partial charge is 0.289 e. The van der Waals surface area contributed by atoms with Gasteiger partial charge in [-0.2, -0.15) is 0 Å². The van der Waals surface area contributed by atoms with E-state index in [1.54, 1.807) is 12.1 Å². The summed E-state index contributed by atoms with van der Waals surface area (Å²) in [4.78, 5) is 43.8. The predicted octanol–water partition coefficient (Wildman–Crippen LogP) is 5.21. The third kappa shape index (κ3) is 3.17. The van der Waals surface area contributed by atoms with E-state index in [1.807, 2.05) is 31.2 Å². The molecule has 0 aromatic heterocycles. The van der Waals surface area contributed by atoms with Crippen molar-refractivity contribution in [2.24, 2.45) is 35.5 Å². The zero-order valence-electron chi connectivity index (χ0n) is 18.7. The molecule has 3 amide bonds. The van der Waals surface area contributed by atoms with Crippen molar-refractivity contribution >= 4 is 46.6 Å². The molecule has 2 bridgehead atoms. The normalized spacial score (nSPS) is 30.4. The Morgan fingerprint density at radius 3 is 2.24 bits per heavy atom. The summed E-state index contributed by atoms with van der Waals surface area (Å²) in [7, 11) is 0. The van der Waals surface area contributed by atoms with Crippen LogP contribution in [0.5, 0.6) is 0 Å². The molecule has 7 rings (SSSR count). The van der Waals surface area contributed by atoms with Gasteiger partial charge in [0.1, 0.15) is 6.67 Å². The molecule has 1 saturated heterocycles. The van der Waals surface area contributed by atoms with Crippen LogP contribution >= 0.6 is 23.2 Å². The van der Waals surface area contributed by atoms with Gasteiger partial charge >= 0.3 is 0 Å². The summed E-state index contributed by atoms with van der Waals surface area (Å²) < 4.78 is 0. The van der Waals surface area contributed by atoms with Crippen molar-refractivity contribution in [1.82, 2.24) is 4.90 Å². The molecule has 2 aromatic carbocycles. The number of rotatable bonds is 5. The van der Waals surface area contributed by atoms with Crippen LogP contribution in [0, 0.1) is 35.5 Å². The van der Waals surface area contributed by atoms with Crippen molar-refractivity contribution < 1.29 is 14.4 Å². The van der Waals surface area contributed by atoms with Crippen molar-refractivity contribution in [2.75, 3.05) is 11.6 Å². The molecule has 4 aliphatic carbocycles. The highest BCUT2D eigenvalue weighted by molar-refractivity contribution is 6.42. The van der Waals surface area contributed by atoms with Crippen molar-refractivity contribution in [1.29, 1.82) is 0 Å². The molecule has 0 spiro atoms. The molecule has 5 aliphatic rings. The minimum Gasteiger partial charge on any atom is -0.289 e. The van der Waals surface area contributed by atoms with E-state index in [2.05, 4.69) is 12.2 Å². The van der Waals surface area contributed by atoms with E-state index in [0.717, 1.165) is 12.0 Å². The van der Waals surface area contributed by atoms with Crippen LogP contribution in [-0.4, -0.2) is 29.3 Å². The summed E-state index contributed by atoms with van der Waals surface area (Å²) in [6, 6.07) is 12.3. The van der Waals surface area contributed by atoms with E-state index < -0.39 is 0 Å². The molecule has 34 heavy (non-hydrogen) atoms. The highest BCUT2D eigenvalue weighted by Gasteiger charge is 2.67. The number of halogens is 2.